The number of fused-ring (bicyclic) bond motifs is 8. The van der Waals surface area contributed by atoms with Crippen molar-refractivity contribution in [2.24, 2.45) is 0 Å². The summed E-state index contributed by atoms with van der Waals surface area (Å²) in [7, 11) is 0. The molecule has 0 atom stereocenters. The number of hydrogen-bond donors (Lipinski definition) is 0. The first-order valence-corrected chi connectivity index (χ1v) is 14.9. The second kappa shape index (κ2) is 9.96. The fraction of sp³-hybridized carbons (Fsp3) is 0.0256. The number of nitrogens with zero attached hydrogens (tertiary/aromatic N) is 5. The van der Waals surface area contributed by atoms with Crippen molar-refractivity contribution < 1.29 is 4.74 Å². The summed E-state index contributed by atoms with van der Waals surface area (Å²) in [6, 6.07) is 41.7. The Hall–Kier alpha value is -6.14. The van der Waals surface area contributed by atoms with Crippen molar-refractivity contribution in [3.8, 4) is 45.0 Å². The van der Waals surface area contributed by atoms with Crippen LogP contribution in [0, 0.1) is 0 Å². The van der Waals surface area contributed by atoms with Crippen LogP contribution in [0.2, 0.25) is 0 Å². The van der Waals surface area contributed by atoms with Crippen molar-refractivity contribution in [3.63, 3.8) is 0 Å². The maximum absolute atomic E-state index is 6.89. The Bertz CT molecular complexity index is 2150. The van der Waals surface area contributed by atoms with Gasteiger partial charge in [0.2, 0.25) is 5.95 Å². The molecule has 0 saturated heterocycles. The van der Waals surface area contributed by atoms with E-state index >= 15 is 0 Å². The molecule has 7 aromatic rings. The van der Waals surface area contributed by atoms with E-state index in [2.05, 4.69) is 87.7 Å². The Morgan fingerprint density at radius 2 is 1.24 bits per heavy atom. The highest BCUT2D eigenvalue weighted by Crippen LogP contribution is 2.61. The summed E-state index contributed by atoms with van der Waals surface area (Å²) in [5, 5.41) is 0. The van der Waals surface area contributed by atoms with Crippen molar-refractivity contribution in [3.05, 3.63) is 169 Å². The normalized spacial score (nSPS) is 13.6. The quantitative estimate of drug-likeness (QED) is 0.208. The van der Waals surface area contributed by atoms with Crippen LogP contribution in [0.5, 0.6) is 11.5 Å². The third-order valence-electron chi connectivity index (χ3n) is 8.75. The van der Waals surface area contributed by atoms with Gasteiger partial charge in [-0.15, -0.1) is 0 Å². The van der Waals surface area contributed by atoms with Crippen molar-refractivity contribution in [1.29, 1.82) is 0 Å². The highest BCUT2D eigenvalue weighted by Gasteiger charge is 2.54. The molecule has 45 heavy (non-hydrogen) atoms. The smallest absolute Gasteiger partial charge is 0.231 e. The third-order valence-corrected chi connectivity index (χ3v) is 8.75. The monoisotopic (exact) mass is 579 g/mol. The van der Waals surface area contributed by atoms with Gasteiger partial charge < -0.3 is 4.74 Å². The number of ether oxygens (including phenoxy) is 1. The van der Waals surface area contributed by atoms with E-state index in [1.807, 2.05) is 73.3 Å². The summed E-state index contributed by atoms with van der Waals surface area (Å²) in [6.07, 6.45) is 9.16. The minimum atomic E-state index is -0.840. The van der Waals surface area contributed by atoms with Crippen LogP contribution in [0.1, 0.15) is 16.7 Å². The molecule has 6 heteroatoms. The van der Waals surface area contributed by atoms with E-state index in [-0.39, 0.29) is 0 Å². The maximum Gasteiger partial charge on any atom is 0.231 e. The summed E-state index contributed by atoms with van der Waals surface area (Å²) < 4.78 is 6.89. The van der Waals surface area contributed by atoms with E-state index in [0.29, 0.717) is 5.95 Å². The van der Waals surface area contributed by atoms with Crippen molar-refractivity contribution in [2.45, 2.75) is 5.54 Å². The Kier molecular flexibility index (Phi) is 5.62. The summed E-state index contributed by atoms with van der Waals surface area (Å²) in [5.74, 6) is 2.04. The van der Waals surface area contributed by atoms with E-state index in [0.717, 1.165) is 56.3 Å². The van der Waals surface area contributed by atoms with Crippen LogP contribution in [0.3, 0.4) is 0 Å². The molecule has 1 aliphatic heterocycles. The molecule has 9 rings (SSSR count). The van der Waals surface area contributed by atoms with Gasteiger partial charge in [-0.1, -0.05) is 84.9 Å². The summed E-state index contributed by atoms with van der Waals surface area (Å²) in [5.41, 5.74) is 9.36. The van der Waals surface area contributed by atoms with Gasteiger partial charge in [-0.25, -0.2) is 9.97 Å². The van der Waals surface area contributed by atoms with Crippen LogP contribution in [-0.4, -0.2) is 19.9 Å². The van der Waals surface area contributed by atoms with Gasteiger partial charge >= 0.3 is 0 Å². The average molecular weight is 580 g/mol. The van der Waals surface area contributed by atoms with E-state index in [1.165, 1.54) is 11.1 Å². The lowest BCUT2D eigenvalue weighted by Crippen LogP contribution is -2.44. The topological polar surface area (TPSA) is 64.0 Å². The van der Waals surface area contributed by atoms with E-state index in [9.17, 15) is 0 Å². The van der Waals surface area contributed by atoms with Crippen molar-refractivity contribution in [2.75, 3.05) is 4.90 Å². The fourth-order valence-electron chi connectivity index (χ4n) is 6.87. The Morgan fingerprint density at radius 3 is 1.98 bits per heavy atom. The molecule has 212 valence electrons. The zero-order chi connectivity index (χ0) is 29.8. The van der Waals surface area contributed by atoms with Gasteiger partial charge in [-0.3, -0.25) is 14.9 Å². The first kappa shape index (κ1) is 25.4. The maximum atomic E-state index is 6.89. The largest absolute Gasteiger partial charge is 0.455 e. The number of rotatable bonds is 3. The van der Waals surface area contributed by atoms with Gasteiger partial charge in [0.1, 0.15) is 11.3 Å². The lowest BCUT2D eigenvalue weighted by atomic mass is 9.78. The summed E-state index contributed by atoms with van der Waals surface area (Å²) >= 11 is 0. The number of hydrogen-bond acceptors (Lipinski definition) is 6. The molecule has 1 aliphatic carbocycles. The number of aromatic nitrogens is 4. The second-order valence-corrected chi connectivity index (χ2v) is 11.1. The minimum absolute atomic E-state index is 0.562. The average Bonchev–Trinajstić information content (AvgIpc) is 3.33. The molecule has 2 aliphatic rings. The molecule has 1 spiro atoms. The molecule has 0 unspecified atom stereocenters. The van der Waals surface area contributed by atoms with Crippen LogP contribution in [0.15, 0.2) is 152 Å². The predicted octanol–water partition coefficient (Wildman–Crippen LogP) is 8.82. The zero-order valence-electron chi connectivity index (χ0n) is 24.1. The molecule has 0 bridgehead atoms. The molecule has 4 heterocycles. The Balaban J connectivity index is 1.38. The number of pyridine rings is 2. The van der Waals surface area contributed by atoms with Crippen LogP contribution in [0.25, 0.3) is 33.5 Å². The molecular weight excluding hydrogens is 554 g/mol. The molecular formula is C39H25N5O. The number of benzene rings is 4. The van der Waals surface area contributed by atoms with Crippen LogP contribution >= 0.6 is 0 Å². The van der Waals surface area contributed by atoms with Crippen LogP contribution in [0.4, 0.5) is 11.6 Å². The molecule has 0 saturated carbocycles. The van der Waals surface area contributed by atoms with E-state index in [4.69, 9.17) is 14.7 Å². The van der Waals surface area contributed by atoms with E-state index in [1.54, 1.807) is 6.20 Å². The second-order valence-electron chi connectivity index (χ2n) is 11.1. The van der Waals surface area contributed by atoms with E-state index < -0.39 is 5.54 Å². The van der Waals surface area contributed by atoms with Gasteiger partial charge in [0.05, 0.1) is 11.4 Å². The third kappa shape index (κ3) is 3.76. The SMILES string of the molecule is c1ccc(-c2ccc3c(c2)Oc2ccccc2N(c2ncc(-c4cccnc4)cn2)C32c3ccccc3-c3ccccc32)nc1. The van der Waals surface area contributed by atoms with Gasteiger partial charge in [0, 0.05) is 53.2 Å². The van der Waals surface area contributed by atoms with Gasteiger partial charge in [-0.2, -0.15) is 0 Å². The van der Waals surface area contributed by atoms with Crippen molar-refractivity contribution in [1.82, 2.24) is 19.9 Å². The molecule has 3 aromatic heterocycles. The molecule has 0 amide bonds. The Labute approximate surface area is 260 Å². The van der Waals surface area contributed by atoms with Gasteiger partial charge in [0.15, 0.2) is 5.75 Å². The van der Waals surface area contributed by atoms with Gasteiger partial charge in [-0.05, 0) is 58.7 Å². The summed E-state index contributed by atoms with van der Waals surface area (Å²) in [6.45, 7) is 0. The lowest BCUT2D eigenvalue weighted by Gasteiger charge is -2.42. The molecule has 0 fully saturated rings. The minimum Gasteiger partial charge on any atom is -0.455 e. The molecule has 6 nitrogen and oxygen atoms in total. The lowest BCUT2D eigenvalue weighted by molar-refractivity contribution is 0.480. The summed E-state index contributed by atoms with van der Waals surface area (Å²) in [4.78, 5) is 21.3. The van der Waals surface area contributed by atoms with Crippen molar-refractivity contribution >= 4 is 11.6 Å². The first-order chi connectivity index (χ1) is 22.3. The van der Waals surface area contributed by atoms with Crippen LogP contribution < -0.4 is 9.64 Å². The van der Waals surface area contributed by atoms with Gasteiger partial charge in [0.25, 0.3) is 0 Å². The first-order valence-electron chi connectivity index (χ1n) is 14.9. The molecule has 0 N–H and O–H groups in total. The predicted molar refractivity (Wildman–Crippen MR) is 175 cm³/mol. The number of para-hydroxylation sites is 2. The fourth-order valence-corrected chi connectivity index (χ4v) is 6.87. The Morgan fingerprint density at radius 1 is 0.511 bits per heavy atom. The highest BCUT2D eigenvalue weighted by atomic mass is 16.5. The standard InChI is InChI=1S/C39H25N5O/c1-3-13-31-29(11-1)30-12-2-4-14-32(30)39(31)33-19-18-26(34-15-7-8-21-41-34)22-37(33)45-36-17-6-5-16-35(36)44(39)38-42-24-28(25-43-38)27-10-9-20-40-23-27/h1-25H. The molecule has 0 radical (unpaired) electrons. The zero-order valence-corrected chi connectivity index (χ0v) is 24.1. The highest BCUT2D eigenvalue weighted by molar-refractivity contribution is 5.90. The van der Waals surface area contributed by atoms with Crippen LogP contribution in [-0.2, 0) is 5.54 Å². The molecule has 4 aromatic carbocycles. The number of anilines is 2.